The first kappa shape index (κ1) is 14.1. The molecule has 1 aliphatic carbocycles. The molecule has 5 nitrogen and oxygen atoms in total. The molecule has 2 aromatic carbocycles. The van der Waals surface area contributed by atoms with Crippen LogP contribution in [0.1, 0.15) is 18.1 Å². The molecule has 0 aliphatic heterocycles. The zero-order chi connectivity index (χ0) is 15.7. The number of rotatable bonds is 4. The summed E-state index contributed by atoms with van der Waals surface area (Å²) in [4.78, 5) is 23.1. The first-order valence-electron chi connectivity index (χ1n) is 7.11. The number of carboxylic acid groups (broad SMARTS) is 1. The highest BCUT2D eigenvalue weighted by Crippen LogP contribution is 2.39. The van der Waals surface area contributed by atoms with Gasteiger partial charge in [-0.15, -0.1) is 0 Å². The van der Waals surface area contributed by atoms with E-state index in [4.69, 9.17) is 0 Å². The van der Waals surface area contributed by atoms with Gasteiger partial charge in [-0.2, -0.15) is 0 Å². The van der Waals surface area contributed by atoms with E-state index in [-0.39, 0.29) is 0 Å². The maximum absolute atomic E-state index is 11.3. The fourth-order valence-corrected chi connectivity index (χ4v) is 2.95. The minimum Gasteiger partial charge on any atom is -0.465 e. The largest absolute Gasteiger partial charge is 0.465 e. The van der Waals surface area contributed by atoms with Gasteiger partial charge in [0.1, 0.15) is 0 Å². The van der Waals surface area contributed by atoms with Gasteiger partial charge in [-0.05, 0) is 59.9 Å². The summed E-state index contributed by atoms with van der Waals surface area (Å²) in [6.45, 7) is 2.22. The molecule has 2 aromatic rings. The van der Waals surface area contributed by atoms with Gasteiger partial charge in [0.15, 0.2) is 0 Å². The van der Waals surface area contributed by atoms with Crippen molar-refractivity contribution in [3.05, 3.63) is 47.5 Å². The normalized spacial score (nSPS) is 11.5. The Bertz CT molecular complexity index is 756. The highest BCUT2D eigenvalue weighted by molar-refractivity contribution is 5.88. The molecule has 22 heavy (non-hydrogen) atoms. The standard InChI is InChI=1S/C17H16N2O3/c1-2-19(17(21)22)14-4-6-16-12(9-14)7-11-8-13(18-10-20)3-5-15(11)16/h3-6,8-10H,2,7H2,1H3,(H,18,20)(H,21,22). The van der Waals surface area contributed by atoms with Gasteiger partial charge in [0, 0.05) is 17.9 Å². The third-order valence-electron chi connectivity index (χ3n) is 3.95. The number of hydrogen-bond acceptors (Lipinski definition) is 2. The molecule has 3 rings (SSSR count). The van der Waals surface area contributed by atoms with Gasteiger partial charge in [-0.3, -0.25) is 9.69 Å². The van der Waals surface area contributed by atoms with Gasteiger partial charge in [0.25, 0.3) is 0 Å². The Labute approximate surface area is 128 Å². The van der Waals surface area contributed by atoms with Crippen LogP contribution in [0.2, 0.25) is 0 Å². The number of benzene rings is 2. The van der Waals surface area contributed by atoms with Crippen LogP contribution in [0.25, 0.3) is 11.1 Å². The van der Waals surface area contributed by atoms with Gasteiger partial charge >= 0.3 is 6.09 Å². The fourth-order valence-electron chi connectivity index (χ4n) is 2.95. The lowest BCUT2D eigenvalue weighted by Crippen LogP contribution is -2.28. The van der Waals surface area contributed by atoms with Crippen molar-refractivity contribution in [2.45, 2.75) is 13.3 Å². The van der Waals surface area contributed by atoms with Crippen molar-refractivity contribution in [2.75, 3.05) is 16.8 Å². The van der Waals surface area contributed by atoms with Crippen molar-refractivity contribution in [2.24, 2.45) is 0 Å². The molecule has 0 bridgehead atoms. The Morgan fingerprint density at radius 3 is 2.55 bits per heavy atom. The summed E-state index contributed by atoms with van der Waals surface area (Å²) in [5.74, 6) is 0. The van der Waals surface area contributed by atoms with Gasteiger partial charge < -0.3 is 10.4 Å². The molecule has 0 saturated carbocycles. The molecule has 0 spiro atoms. The van der Waals surface area contributed by atoms with Crippen molar-refractivity contribution in [1.82, 2.24) is 0 Å². The predicted octanol–water partition coefficient (Wildman–Crippen LogP) is 3.33. The van der Waals surface area contributed by atoms with Crippen LogP contribution in [0.4, 0.5) is 16.2 Å². The van der Waals surface area contributed by atoms with Crippen LogP contribution in [-0.2, 0) is 11.2 Å². The Morgan fingerprint density at radius 2 is 1.91 bits per heavy atom. The molecular weight excluding hydrogens is 280 g/mol. The summed E-state index contributed by atoms with van der Waals surface area (Å²) < 4.78 is 0. The monoisotopic (exact) mass is 296 g/mol. The lowest BCUT2D eigenvalue weighted by Gasteiger charge is -2.18. The van der Waals surface area contributed by atoms with E-state index < -0.39 is 6.09 Å². The zero-order valence-corrected chi connectivity index (χ0v) is 12.2. The van der Waals surface area contributed by atoms with E-state index in [1.54, 1.807) is 0 Å². The Balaban J connectivity index is 1.98. The van der Waals surface area contributed by atoms with Gasteiger partial charge in [-0.25, -0.2) is 4.79 Å². The Hall–Kier alpha value is -2.82. The van der Waals surface area contributed by atoms with E-state index >= 15 is 0 Å². The summed E-state index contributed by atoms with van der Waals surface area (Å²) >= 11 is 0. The number of fused-ring (bicyclic) bond motifs is 3. The molecule has 0 unspecified atom stereocenters. The first-order valence-corrected chi connectivity index (χ1v) is 7.11. The van der Waals surface area contributed by atoms with Crippen molar-refractivity contribution < 1.29 is 14.7 Å². The van der Waals surface area contributed by atoms with Crippen LogP contribution in [-0.4, -0.2) is 24.2 Å². The highest BCUT2D eigenvalue weighted by atomic mass is 16.4. The number of carbonyl (C=O) groups excluding carboxylic acids is 1. The van der Waals surface area contributed by atoms with Crippen LogP contribution < -0.4 is 10.2 Å². The second-order valence-electron chi connectivity index (χ2n) is 5.18. The van der Waals surface area contributed by atoms with E-state index in [2.05, 4.69) is 5.32 Å². The van der Waals surface area contributed by atoms with E-state index in [0.717, 1.165) is 34.4 Å². The minimum atomic E-state index is -0.949. The summed E-state index contributed by atoms with van der Waals surface area (Å²) in [7, 11) is 0. The summed E-state index contributed by atoms with van der Waals surface area (Å²) in [5.41, 5.74) is 5.96. The smallest absolute Gasteiger partial charge is 0.411 e. The van der Waals surface area contributed by atoms with Gasteiger partial charge in [-0.1, -0.05) is 12.1 Å². The first-order chi connectivity index (χ1) is 10.6. The number of carbonyl (C=O) groups is 2. The average molecular weight is 296 g/mol. The second-order valence-corrected chi connectivity index (χ2v) is 5.18. The number of nitrogens with zero attached hydrogens (tertiary/aromatic N) is 1. The van der Waals surface area contributed by atoms with Crippen molar-refractivity contribution in [1.29, 1.82) is 0 Å². The average Bonchev–Trinajstić information content (AvgIpc) is 2.84. The van der Waals surface area contributed by atoms with E-state index in [1.807, 2.05) is 43.3 Å². The maximum atomic E-state index is 11.3. The van der Waals surface area contributed by atoms with Crippen LogP contribution in [0.3, 0.4) is 0 Å². The number of nitrogens with one attached hydrogen (secondary N) is 1. The molecule has 2 amide bonds. The van der Waals surface area contributed by atoms with Gasteiger partial charge in [0.2, 0.25) is 6.41 Å². The topological polar surface area (TPSA) is 69.6 Å². The van der Waals surface area contributed by atoms with Crippen LogP contribution in [0, 0.1) is 0 Å². The lowest BCUT2D eigenvalue weighted by molar-refractivity contribution is -0.105. The lowest BCUT2D eigenvalue weighted by atomic mass is 10.0. The zero-order valence-electron chi connectivity index (χ0n) is 12.2. The van der Waals surface area contributed by atoms with Crippen molar-refractivity contribution in [3.63, 3.8) is 0 Å². The quantitative estimate of drug-likeness (QED) is 0.725. The van der Waals surface area contributed by atoms with Crippen molar-refractivity contribution in [3.8, 4) is 11.1 Å². The highest BCUT2D eigenvalue weighted by Gasteiger charge is 2.21. The van der Waals surface area contributed by atoms with Gasteiger partial charge in [0.05, 0.1) is 0 Å². The summed E-state index contributed by atoms with van der Waals surface area (Å²) in [6.07, 6.45) is 0.452. The van der Waals surface area contributed by atoms with Crippen LogP contribution in [0.15, 0.2) is 36.4 Å². The molecule has 112 valence electrons. The Kier molecular flexibility index (Phi) is 3.55. The summed E-state index contributed by atoms with van der Waals surface area (Å²) in [6, 6.07) is 11.5. The predicted molar refractivity (Wildman–Crippen MR) is 85.4 cm³/mol. The minimum absolute atomic E-state index is 0.411. The van der Waals surface area contributed by atoms with Crippen LogP contribution in [0.5, 0.6) is 0 Å². The van der Waals surface area contributed by atoms with E-state index in [1.165, 1.54) is 4.90 Å². The van der Waals surface area contributed by atoms with E-state index in [0.29, 0.717) is 18.6 Å². The molecule has 0 atom stereocenters. The molecule has 0 fully saturated rings. The second kappa shape index (κ2) is 5.52. The molecule has 2 N–H and O–H groups in total. The SMILES string of the molecule is CCN(C(=O)O)c1ccc2c(c1)Cc1cc(NC=O)ccc1-2. The maximum Gasteiger partial charge on any atom is 0.411 e. The molecule has 0 radical (unpaired) electrons. The number of amides is 2. The third kappa shape index (κ3) is 2.30. The molecular formula is C17H16N2O3. The van der Waals surface area contributed by atoms with Crippen molar-refractivity contribution >= 4 is 23.9 Å². The van der Waals surface area contributed by atoms with E-state index in [9.17, 15) is 14.7 Å². The molecule has 0 saturated heterocycles. The molecule has 1 aliphatic rings. The fraction of sp³-hybridized carbons (Fsp3) is 0.176. The molecule has 0 heterocycles. The van der Waals surface area contributed by atoms with Crippen LogP contribution >= 0.6 is 0 Å². The molecule has 0 aromatic heterocycles. The number of anilines is 2. The summed E-state index contributed by atoms with van der Waals surface area (Å²) in [5, 5.41) is 11.9. The molecule has 5 heteroatoms. The number of hydrogen-bond donors (Lipinski definition) is 2. The Morgan fingerprint density at radius 1 is 1.23 bits per heavy atom. The third-order valence-corrected chi connectivity index (χ3v) is 3.95.